The molecule has 6 heteroatoms. The molecule has 0 saturated heterocycles. The number of benzene rings is 2. The van der Waals surface area contributed by atoms with Gasteiger partial charge in [-0.1, -0.05) is 75.6 Å². The summed E-state index contributed by atoms with van der Waals surface area (Å²) in [6.45, 7) is 6.97. The number of hydrogen-bond acceptors (Lipinski definition) is 2. The first-order valence-corrected chi connectivity index (χ1v) is 14.0. The molecule has 4 aromatic rings. The van der Waals surface area contributed by atoms with E-state index in [0.29, 0.717) is 12.5 Å². The lowest BCUT2D eigenvalue weighted by Crippen LogP contribution is -2.46. The SMILES string of the molecule is Cc1nn(-c2ccccc2)c2c1CN(C(=O)NC1CCCCC1)[C@H](c1ccc(C(C)C)cc1)c1cccn1-2. The average molecular weight is 508 g/mol. The highest BCUT2D eigenvalue weighted by molar-refractivity contribution is 5.76. The number of nitrogens with one attached hydrogen (secondary N) is 1. The van der Waals surface area contributed by atoms with Crippen molar-refractivity contribution >= 4 is 6.03 Å². The lowest BCUT2D eigenvalue weighted by molar-refractivity contribution is 0.173. The molecule has 38 heavy (non-hydrogen) atoms. The van der Waals surface area contributed by atoms with Crippen LogP contribution in [0.4, 0.5) is 4.79 Å². The van der Waals surface area contributed by atoms with Gasteiger partial charge in [0.15, 0.2) is 0 Å². The number of carbonyl (C=O) groups excluding carboxylic acids is 1. The predicted molar refractivity (Wildman–Crippen MR) is 151 cm³/mol. The molecule has 1 fully saturated rings. The van der Waals surface area contributed by atoms with Crippen LogP contribution in [0.3, 0.4) is 0 Å². The third kappa shape index (κ3) is 4.42. The monoisotopic (exact) mass is 507 g/mol. The first kappa shape index (κ1) is 24.5. The van der Waals surface area contributed by atoms with E-state index in [4.69, 9.17) is 5.10 Å². The zero-order valence-corrected chi connectivity index (χ0v) is 22.6. The fourth-order valence-corrected chi connectivity index (χ4v) is 6.07. The zero-order valence-electron chi connectivity index (χ0n) is 22.6. The summed E-state index contributed by atoms with van der Waals surface area (Å²) < 4.78 is 4.26. The second-order valence-corrected chi connectivity index (χ2v) is 11.1. The van der Waals surface area contributed by atoms with E-state index in [1.54, 1.807) is 0 Å². The van der Waals surface area contributed by atoms with Crippen LogP contribution in [0.2, 0.25) is 0 Å². The third-order valence-corrected chi connectivity index (χ3v) is 8.20. The van der Waals surface area contributed by atoms with E-state index < -0.39 is 0 Å². The lowest BCUT2D eigenvalue weighted by Gasteiger charge is -2.33. The molecule has 196 valence electrons. The van der Waals surface area contributed by atoms with Crippen molar-refractivity contribution in [2.45, 2.75) is 77.4 Å². The second-order valence-electron chi connectivity index (χ2n) is 11.1. The average Bonchev–Trinajstić information content (AvgIpc) is 3.50. The zero-order chi connectivity index (χ0) is 26.2. The molecule has 2 aromatic carbocycles. The summed E-state index contributed by atoms with van der Waals surface area (Å²) in [6.07, 6.45) is 7.84. The van der Waals surface area contributed by atoms with Crippen LogP contribution in [-0.2, 0) is 6.54 Å². The van der Waals surface area contributed by atoms with Crippen LogP contribution >= 0.6 is 0 Å². The largest absolute Gasteiger partial charge is 0.335 e. The molecule has 3 heterocycles. The standard InChI is InChI=1S/C32H37N5O/c1-22(2)24-16-18-25(19-17-24)30-29-15-10-20-35(29)31-28(23(3)34-37(31)27-13-8-5-9-14-27)21-36(30)32(38)33-26-11-6-4-7-12-26/h5,8-10,13-20,22,26,30H,4,6-7,11-12,21H2,1-3H3,(H,33,38)/t30-/m1/s1. The Labute approximate surface area is 225 Å². The van der Waals surface area contributed by atoms with Gasteiger partial charge in [-0.15, -0.1) is 0 Å². The Balaban J connectivity index is 1.49. The molecule has 1 aliphatic carbocycles. The Morgan fingerprint density at radius 1 is 0.947 bits per heavy atom. The van der Waals surface area contributed by atoms with Gasteiger partial charge in [0.05, 0.1) is 29.7 Å². The highest BCUT2D eigenvalue weighted by Gasteiger charge is 2.36. The van der Waals surface area contributed by atoms with Crippen molar-refractivity contribution in [3.8, 4) is 11.5 Å². The quantitative estimate of drug-likeness (QED) is 0.322. The van der Waals surface area contributed by atoms with Crippen LogP contribution in [0.1, 0.15) is 86.0 Å². The molecule has 6 nitrogen and oxygen atoms in total. The Morgan fingerprint density at radius 2 is 1.68 bits per heavy atom. The number of para-hydroxylation sites is 1. The molecule has 1 aliphatic heterocycles. The molecule has 1 saturated carbocycles. The summed E-state index contributed by atoms with van der Waals surface area (Å²) in [6, 6.07) is 23.3. The smallest absolute Gasteiger partial charge is 0.318 e. The minimum Gasteiger partial charge on any atom is -0.335 e. The van der Waals surface area contributed by atoms with Crippen molar-refractivity contribution in [1.82, 2.24) is 24.6 Å². The number of rotatable bonds is 4. The highest BCUT2D eigenvalue weighted by Crippen LogP contribution is 2.39. The number of aryl methyl sites for hydroxylation is 1. The molecule has 1 N–H and O–H groups in total. The first-order valence-electron chi connectivity index (χ1n) is 14.0. The summed E-state index contributed by atoms with van der Waals surface area (Å²) in [7, 11) is 0. The predicted octanol–water partition coefficient (Wildman–Crippen LogP) is 7.04. The third-order valence-electron chi connectivity index (χ3n) is 8.20. The molecule has 0 bridgehead atoms. The second kappa shape index (κ2) is 10.2. The van der Waals surface area contributed by atoms with Crippen LogP contribution in [0.5, 0.6) is 0 Å². The van der Waals surface area contributed by atoms with E-state index in [-0.39, 0.29) is 18.1 Å². The van der Waals surface area contributed by atoms with Crippen LogP contribution in [0.15, 0.2) is 72.9 Å². The van der Waals surface area contributed by atoms with Gasteiger partial charge in [0.1, 0.15) is 5.82 Å². The first-order chi connectivity index (χ1) is 18.5. The van der Waals surface area contributed by atoms with E-state index in [1.807, 2.05) is 27.8 Å². The van der Waals surface area contributed by atoms with E-state index in [2.05, 4.69) is 85.4 Å². The van der Waals surface area contributed by atoms with Gasteiger partial charge in [-0.2, -0.15) is 5.10 Å². The van der Waals surface area contributed by atoms with Crippen LogP contribution in [0.25, 0.3) is 11.5 Å². The Bertz CT molecular complexity index is 1410. The van der Waals surface area contributed by atoms with Crippen LogP contribution in [0, 0.1) is 6.92 Å². The summed E-state index contributed by atoms with van der Waals surface area (Å²) >= 11 is 0. The van der Waals surface area contributed by atoms with Crippen molar-refractivity contribution in [3.63, 3.8) is 0 Å². The van der Waals surface area contributed by atoms with Gasteiger partial charge < -0.3 is 14.8 Å². The molecule has 0 radical (unpaired) electrons. The van der Waals surface area contributed by atoms with E-state index in [9.17, 15) is 4.79 Å². The van der Waals surface area contributed by atoms with Crippen LogP contribution in [-0.4, -0.2) is 31.3 Å². The summed E-state index contributed by atoms with van der Waals surface area (Å²) in [5.74, 6) is 1.46. The van der Waals surface area contributed by atoms with Crippen molar-refractivity contribution < 1.29 is 4.79 Å². The van der Waals surface area contributed by atoms with Gasteiger partial charge in [0, 0.05) is 17.8 Å². The molecular formula is C32H37N5O. The fourth-order valence-electron chi connectivity index (χ4n) is 6.07. The van der Waals surface area contributed by atoms with Gasteiger partial charge >= 0.3 is 6.03 Å². The number of nitrogens with zero attached hydrogens (tertiary/aromatic N) is 4. The van der Waals surface area contributed by atoms with Gasteiger partial charge in [0.25, 0.3) is 0 Å². The van der Waals surface area contributed by atoms with Crippen molar-refractivity contribution in [2.24, 2.45) is 0 Å². The lowest BCUT2D eigenvalue weighted by atomic mass is 9.95. The maximum atomic E-state index is 14.1. The number of carbonyl (C=O) groups is 1. The van der Waals surface area contributed by atoms with Crippen molar-refractivity contribution in [3.05, 3.63) is 101 Å². The molecule has 6 rings (SSSR count). The highest BCUT2D eigenvalue weighted by atomic mass is 16.2. The van der Waals surface area contributed by atoms with Crippen molar-refractivity contribution in [2.75, 3.05) is 0 Å². The summed E-state index contributed by atoms with van der Waals surface area (Å²) in [5.41, 5.74) is 6.51. The van der Waals surface area contributed by atoms with E-state index in [0.717, 1.165) is 46.9 Å². The molecular weight excluding hydrogens is 470 g/mol. The molecule has 2 aliphatic rings. The number of urea groups is 1. The van der Waals surface area contributed by atoms with E-state index >= 15 is 0 Å². The summed E-state index contributed by atoms with van der Waals surface area (Å²) in [5, 5.41) is 8.37. The normalized spacial score (nSPS) is 17.7. The number of amides is 2. The molecule has 1 atom stereocenters. The van der Waals surface area contributed by atoms with Crippen LogP contribution < -0.4 is 5.32 Å². The fraction of sp³-hybridized carbons (Fsp3) is 0.375. The van der Waals surface area contributed by atoms with Crippen molar-refractivity contribution in [1.29, 1.82) is 0 Å². The Morgan fingerprint density at radius 3 is 2.39 bits per heavy atom. The maximum absolute atomic E-state index is 14.1. The maximum Gasteiger partial charge on any atom is 0.318 e. The molecule has 2 amide bonds. The Kier molecular flexibility index (Phi) is 6.56. The summed E-state index contributed by atoms with van der Waals surface area (Å²) in [4.78, 5) is 16.1. The molecule has 0 unspecified atom stereocenters. The van der Waals surface area contributed by atoms with E-state index in [1.165, 1.54) is 24.8 Å². The molecule has 2 aromatic heterocycles. The Hall–Kier alpha value is -3.80. The van der Waals surface area contributed by atoms with Gasteiger partial charge in [-0.25, -0.2) is 9.48 Å². The van der Waals surface area contributed by atoms with Gasteiger partial charge in [0.2, 0.25) is 0 Å². The van der Waals surface area contributed by atoms with Gasteiger partial charge in [-0.05, 0) is 61.1 Å². The number of fused-ring (bicyclic) bond motifs is 3. The number of aromatic nitrogens is 3. The minimum atomic E-state index is -0.217. The number of hydrogen-bond donors (Lipinski definition) is 1. The molecule has 0 spiro atoms. The minimum absolute atomic E-state index is 0.00213. The van der Waals surface area contributed by atoms with Gasteiger partial charge in [-0.3, -0.25) is 0 Å². The topological polar surface area (TPSA) is 55.1 Å².